The first-order valence-electron chi connectivity index (χ1n) is 6.64. The quantitative estimate of drug-likeness (QED) is 0.731. The van der Waals surface area contributed by atoms with Crippen LogP contribution in [-0.2, 0) is 9.59 Å². The van der Waals surface area contributed by atoms with Gasteiger partial charge in [-0.1, -0.05) is 19.1 Å². The van der Waals surface area contributed by atoms with Crippen molar-refractivity contribution in [3.8, 4) is 0 Å². The van der Waals surface area contributed by atoms with Crippen molar-refractivity contribution in [3.63, 3.8) is 0 Å². The maximum atomic E-state index is 11.8. The molecular weight excluding hydrogens is 256 g/mol. The van der Waals surface area contributed by atoms with E-state index >= 15 is 0 Å². The zero-order valence-electron chi connectivity index (χ0n) is 12.4. The van der Waals surface area contributed by atoms with Crippen LogP contribution in [0.2, 0.25) is 0 Å². The van der Waals surface area contributed by atoms with Crippen molar-refractivity contribution in [2.75, 3.05) is 11.9 Å². The van der Waals surface area contributed by atoms with E-state index in [0.29, 0.717) is 12.1 Å². The van der Waals surface area contributed by atoms with E-state index in [1.54, 1.807) is 6.92 Å². The molecule has 1 aromatic carbocycles. The fourth-order valence-corrected chi connectivity index (χ4v) is 1.53. The summed E-state index contributed by atoms with van der Waals surface area (Å²) < 4.78 is 0. The molecule has 0 bridgehead atoms. The van der Waals surface area contributed by atoms with Gasteiger partial charge in [-0.15, -0.1) is 0 Å². The molecule has 5 nitrogen and oxygen atoms in total. The van der Waals surface area contributed by atoms with Crippen LogP contribution in [0.25, 0.3) is 0 Å². The molecule has 20 heavy (non-hydrogen) atoms. The third kappa shape index (κ3) is 4.66. The second-order valence-electron chi connectivity index (χ2n) is 5.31. The SMILES string of the molecule is CC[C@](C)(O)CNC(=O)C(=O)Nc1cc(C)ccc1C. The number of benzene rings is 1. The Labute approximate surface area is 119 Å². The Kier molecular flexibility index (Phi) is 5.27. The Bertz CT molecular complexity index is 510. The smallest absolute Gasteiger partial charge is 0.313 e. The van der Waals surface area contributed by atoms with E-state index in [-0.39, 0.29) is 6.54 Å². The van der Waals surface area contributed by atoms with Gasteiger partial charge >= 0.3 is 11.8 Å². The average Bonchev–Trinajstić information content (AvgIpc) is 2.40. The monoisotopic (exact) mass is 278 g/mol. The van der Waals surface area contributed by atoms with Crippen molar-refractivity contribution in [1.29, 1.82) is 0 Å². The average molecular weight is 278 g/mol. The van der Waals surface area contributed by atoms with Crippen LogP contribution in [0.3, 0.4) is 0 Å². The highest BCUT2D eigenvalue weighted by Gasteiger charge is 2.21. The van der Waals surface area contributed by atoms with E-state index < -0.39 is 17.4 Å². The summed E-state index contributed by atoms with van der Waals surface area (Å²) in [5, 5.41) is 14.8. The van der Waals surface area contributed by atoms with Crippen LogP contribution < -0.4 is 10.6 Å². The van der Waals surface area contributed by atoms with Gasteiger partial charge in [0.1, 0.15) is 0 Å². The minimum atomic E-state index is -1.00. The number of aliphatic hydroxyl groups is 1. The van der Waals surface area contributed by atoms with Gasteiger partial charge in [0, 0.05) is 12.2 Å². The summed E-state index contributed by atoms with van der Waals surface area (Å²) in [6, 6.07) is 5.62. The molecule has 0 heterocycles. The van der Waals surface area contributed by atoms with Gasteiger partial charge < -0.3 is 15.7 Å². The number of carbonyl (C=O) groups is 2. The molecule has 0 aliphatic heterocycles. The lowest BCUT2D eigenvalue weighted by Crippen LogP contribution is -2.44. The second-order valence-corrected chi connectivity index (χ2v) is 5.31. The number of nitrogens with one attached hydrogen (secondary N) is 2. The number of carbonyl (C=O) groups excluding carboxylic acids is 2. The number of rotatable bonds is 4. The van der Waals surface area contributed by atoms with E-state index in [2.05, 4.69) is 10.6 Å². The third-order valence-electron chi connectivity index (χ3n) is 3.24. The van der Waals surface area contributed by atoms with Gasteiger partial charge in [-0.3, -0.25) is 9.59 Å². The molecule has 5 heteroatoms. The lowest BCUT2D eigenvalue weighted by molar-refractivity contribution is -0.136. The van der Waals surface area contributed by atoms with Gasteiger partial charge in [0.25, 0.3) is 0 Å². The number of anilines is 1. The summed E-state index contributed by atoms with van der Waals surface area (Å²) in [7, 11) is 0. The first-order chi connectivity index (χ1) is 9.25. The molecule has 0 aliphatic carbocycles. The molecule has 0 aromatic heterocycles. The normalized spacial score (nSPS) is 13.4. The minimum Gasteiger partial charge on any atom is -0.388 e. The Balaban J connectivity index is 2.62. The highest BCUT2D eigenvalue weighted by Crippen LogP contribution is 2.16. The van der Waals surface area contributed by atoms with Gasteiger partial charge in [0.15, 0.2) is 0 Å². The van der Waals surface area contributed by atoms with Crippen LogP contribution in [0.4, 0.5) is 5.69 Å². The number of amides is 2. The van der Waals surface area contributed by atoms with Gasteiger partial charge in [-0.25, -0.2) is 0 Å². The lowest BCUT2D eigenvalue weighted by atomic mass is 10.0. The van der Waals surface area contributed by atoms with E-state index in [0.717, 1.165) is 11.1 Å². The van der Waals surface area contributed by atoms with Crippen molar-refractivity contribution in [2.24, 2.45) is 0 Å². The van der Waals surface area contributed by atoms with Crippen LogP contribution in [0, 0.1) is 13.8 Å². The Hall–Kier alpha value is -1.88. The fraction of sp³-hybridized carbons (Fsp3) is 0.467. The molecule has 110 valence electrons. The van der Waals surface area contributed by atoms with Crippen molar-refractivity contribution in [3.05, 3.63) is 29.3 Å². The van der Waals surface area contributed by atoms with Crippen molar-refractivity contribution >= 4 is 17.5 Å². The molecule has 1 atom stereocenters. The molecule has 0 unspecified atom stereocenters. The van der Waals surface area contributed by atoms with Crippen molar-refractivity contribution in [1.82, 2.24) is 5.32 Å². The Morgan fingerprint density at radius 3 is 2.50 bits per heavy atom. The topological polar surface area (TPSA) is 78.4 Å². The predicted molar refractivity (Wildman–Crippen MR) is 78.5 cm³/mol. The van der Waals surface area contributed by atoms with Crippen LogP contribution in [0.15, 0.2) is 18.2 Å². The summed E-state index contributed by atoms with van der Waals surface area (Å²) in [6.07, 6.45) is 0.492. The number of aryl methyl sites for hydroxylation is 2. The zero-order valence-corrected chi connectivity index (χ0v) is 12.4. The van der Waals surface area contributed by atoms with Crippen LogP contribution >= 0.6 is 0 Å². The molecule has 0 saturated carbocycles. The standard InChI is InChI=1S/C15H22N2O3/c1-5-15(4,20)9-16-13(18)14(19)17-12-8-10(2)6-7-11(12)3/h6-8,20H,5,9H2,1-4H3,(H,16,18)(H,17,19)/t15-/m0/s1. The molecule has 3 N–H and O–H groups in total. The number of hydrogen-bond acceptors (Lipinski definition) is 3. The van der Waals surface area contributed by atoms with Crippen molar-refractivity contribution in [2.45, 2.75) is 39.7 Å². The van der Waals surface area contributed by atoms with Crippen LogP contribution in [-0.4, -0.2) is 29.1 Å². The third-order valence-corrected chi connectivity index (χ3v) is 3.24. The molecule has 1 aromatic rings. The van der Waals surface area contributed by atoms with Gasteiger partial charge in [-0.05, 0) is 44.4 Å². The van der Waals surface area contributed by atoms with Gasteiger partial charge in [0.2, 0.25) is 0 Å². The van der Waals surface area contributed by atoms with Gasteiger partial charge in [0.05, 0.1) is 5.60 Å². The second kappa shape index (κ2) is 6.52. The fourth-order valence-electron chi connectivity index (χ4n) is 1.53. The maximum Gasteiger partial charge on any atom is 0.313 e. The summed E-state index contributed by atoms with van der Waals surface area (Å²) in [5.41, 5.74) is 1.50. The summed E-state index contributed by atoms with van der Waals surface area (Å²) in [6.45, 7) is 7.23. The molecule has 0 radical (unpaired) electrons. The van der Waals surface area contributed by atoms with E-state index in [4.69, 9.17) is 0 Å². The summed E-state index contributed by atoms with van der Waals surface area (Å²) in [4.78, 5) is 23.4. The summed E-state index contributed by atoms with van der Waals surface area (Å²) >= 11 is 0. The largest absolute Gasteiger partial charge is 0.388 e. The molecule has 0 saturated heterocycles. The Morgan fingerprint density at radius 2 is 1.90 bits per heavy atom. The predicted octanol–water partition coefficient (Wildman–Crippen LogP) is 1.52. The number of hydrogen-bond donors (Lipinski definition) is 3. The first-order valence-corrected chi connectivity index (χ1v) is 6.64. The minimum absolute atomic E-state index is 0.0442. The molecule has 0 fully saturated rings. The zero-order chi connectivity index (χ0) is 15.3. The van der Waals surface area contributed by atoms with E-state index in [9.17, 15) is 14.7 Å². The van der Waals surface area contributed by atoms with E-state index in [1.807, 2.05) is 39.0 Å². The summed E-state index contributed by atoms with van der Waals surface area (Å²) in [5.74, 6) is -1.48. The molecular formula is C15H22N2O3. The molecule has 0 aliphatic rings. The molecule has 0 spiro atoms. The highest BCUT2D eigenvalue weighted by molar-refractivity contribution is 6.39. The molecule has 2 amide bonds. The van der Waals surface area contributed by atoms with Gasteiger partial charge in [-0.2, -0.15) is 0 Å². The molecule has 1 rings (SSSR count). The van der Waals surface area contributed by atoms with Crippen LogP contribution in [0.5, 0.6) is 0 Å². The van der Waals surface area contributed by atoms with Crippen molar-refractivity contribution < 1.29 is 14.7 Å². The van der Waals surface area contributed by atoms with E-state index in [1.165, 1.54) is 0 Å². The van der Waals surface area contributed by atoms with Crippen LogP contribution in [0.1, 0.15) is 31.4 Å². The highest BCUT2D eigenvalue weighted by atomic mass is 16.3. The lowest BCUT2D eigenvalue weighted by Gasteiger charge is -2.21. The first kappa shape index (κ1) is 16.2. The Morgan fingerprint density at radius 1 is 1.25 bits per heavy atom. The maximum absolute atomic E-state index is 11.8.